The van der Waals surface area contributed by atoms with Crippen LogP contribution in [0.15, 0.2) is 0 Å². The summed E-state index contributed by atoms with van der Waals surface area (Å²) in [6, 6.07) is 0. The van der Waals surface area contributed by atoms with E-state index in [-0.39, 0.29) is 13.2 Å². The molecular formula is C28H61N3O4PS+. The molecule has 0 bridgehead atoms. The van der Waals surface area contributed by atoms with Crippen molar-refractivity contribution < 1.29 is 23.0 Å². The van der Waals surface area contributed by atoms with Gasteiger partial charge in [0.25, 0.3) is 0 Å². The Hall–Kier alpha value is -0.240. The molecule has 0 fully saturated rings. The molecule has 0 aromatic heterocycles. The fraction of sp³-hybridized carbons (Fsp3) is 0.964. The van der Waals surface area contributed by atoms with E-state index < -0.39 is 7.82 Å². The SMILES string of the molecule is CCCCCCCCCCCCCCCCCCN(CCCOP(=O)(O)OCC[N+](C)(C)C)C(=S)NC. The molecule has 0 radical (unpaired) electrons. The summed E-state index contributed by atoms with van der Waals surface area (Å²) in [6.45, 7) is 4.86. The van der Waals surface area contributed by atoms with Crippen molar-refractivity contribution in [2.45, 2.75) is 116 Å². The lowest BCUT2D eigenvalue weighted by Crippen LogP contribution is -2.39. The van der Waals surface area contributed by atoms with E-state index in [0.29, 0.717) is 29.1 Å². The van der Waals surface area contributed by atoms with Crippen LogP contribution >= 0.6 is 20.0 Å². The second-order valence-corrected chi connectivity index (χ2v) is 13.2. The highest BCUT2D eigenvalue weighted by atomic mass is 32.1. The van der Waals surface area contributed by atoms with Crippen molar-refractivity contribution in [1.29, 1.82) is 0 Å². The Labute approximate surface area is 235 Å². The lowest BCUT2D eigenvalue weighted by Gasteiger charge is -2.25. The van der Waals surface area contributed by atoms with Gasteiger partial charge in [-0.25, -0.2) is 4.57 Å². The van der Waals surface area contributed by atoms with Gasteiger partial charge in [-0.1, -0.05) is 103 Å². The number of quaternary nitrogens is 1. The van der Waals surface area contributed by atoms with Crippen LogP contribution in [0.3, 0.4) is 0 Å². The maximum absolute atomic E-state index is 12.0. The second-order valence-electron chi connectivity index (χ2n) is 11.3. The molecular weight excluding hydrogens is 505 g/mol. The van der Waals surface area contributed by atoms with E-state index >= 15 is 0 Å². The highest BCUT2D eigenvalue weighted by Crippen LogP contribution is 2.43. The average Bonchev–Trinajstić information content (AvgIpc) is 2.83. The van der Waals surface area contributed by atoms with Crippen LogP contribution in [0, 0.1) is 0 Å². The summed E-state index contributed by atoms with van der Waals surface area (Å²) >= 11 is 5.45. The molecule has 0 saturated carbocycles. The summed E-state index contributed by atoms with van der Waals surface area (Å²) in [5.41, 5.74) is 0. The van der Waals surface area contributed by atoms with Crippen molar-refractivity contribution in [3.05, 3.63) is 0 Å². The summed E-state index contributed by atoms with van der Waals surface area (Å²) in [5, 5.41) is 3.77. The zero-order valence-electron chi connectivity index (χ0n) is 25.0. The molecule has 0 aliphatic heterocycles. The zero-order chi connectivity index (χ0) is 27.8. The molecule has 222 valence electrons. The molecule has 0 aromatic carbocycles. The van der Waals surface area contributed by atoms with Crippen molar-refractivity contribution in [1.82, 2.24) is 10.2 Å². The van der Waals surface area contributed by atoms with Crippen LogP contribution in [0.5, 0.6) is 0 Å². The van der Waals surface area contributed by atoms with Crippen molar-refractivity contribution in [2.75, 3.05) is 61.0 Å². The summed E-state index contributed by atoms with van der Waals surface area (Å²) < 4.78 is 22.9. The molecule has 1 atom stereocenters. The number of hydrogen-bond donors (Lipinski definition) is 2. The quantitative estimate of drug-likeness (QED) is 0.0493. The van der Waals surface area contributed by atoms with Gasteiger partial charge in [0.05, 0.1) is 27.7 Å². The Bertz CT molecular complexity index is 590. The minimum Gasteiger partial charge on any atom is -0.366 e. The van der Waals surface area contributed by atoms with Crippen molar-refractivity contribution in [3.8, 4) is 0 Å². The van der Waals surface area contributed by atoms with Gasteiger partial charge in [-0.05, 0) is 25.1 Å². The van der Waals surface area contributed by atoms with Crippen LogP contribution in [-0.4, -0.2) is 80.4 Å². The number of unbranched alkanes of at least 4 members (excludes halogenated alkanes) is 15. The number of likely N-dealkylation sites (N-methyl/N-ethyl adjacent to an activating group) is 1. The summed E-state index contributed by atoms with van der Waals surface area (Å²) in [5.74, 6) is 0. The molecule has 1 unspecified atom stereocenters. The molecule has 2 N–H and O–H groups in total. The first-order chi connectivity index (χ1) is 17.6. The molecule has 0 spiro atoms. The number of hydrogen-bond acceptors (Lipinski definition) is 4. The molecule has 0 heterocycles. The van der Waals surface area contributed by atoms with Crippen LogP contribution < -0.4 is 5.32 Å². The number of thiocarbonyl (C=S) groups is 1. The van der Waals surface area contributed by atoms with Gasteiger partial charge in [0.1, 0.15) is 13.2 Å². The summed E-state index contributed by atoms with van der Waals surface area (Å²) in [6.07, 6.45) is 22.4. The third kappa shape index (κ3) is 25.8. The Morgan fingerprint density at radius 3 is 1.59 bits per heavy atom. The molecule has 0 saturated heterocycles. The standard InChI is InChI=1S/C28H60N3O4PS/c1-6-7-8-9-10-11-12-13-14-15-16-17-18-19-20-21-23-30(28(37)29-2)24-22-26-34-36(32,33)35-27-25-31(3,4)5/h6-27H2,1-5H3,(H-,29,32,33,37)/p+1. The first kappa shape index (κ1) is 36.8. The molecule has 37 heavy (non-hydrogen) atoms. The monoisotopic (exact) mass is 566 g/mol. The van der Waals surface area contributed by atoms with Crippen molar-refractivity contribution in [2.24, 2.45) is 0 Å². The minimum atomic E-state index is -4.00. The maximum atomic E-state index is 12.0. The Morgan fingerprint density at radius 1 is 0.757 bits per heavy atom. The van der Waals surface area contributed by atoms with Gasteiger partial charge >= 0.3 is 7.82 Å². The number of phosphoric acid groups is 1. The molecule has 0 amide bonds. The predicted molar refractivity (Wildman–Crippen MR) is 162 cm³/mol. The van der Waals surface area contributed by atoms with Gasteiger partial charge < -0.3 is 19.6 Å². The molecule has 0 aliphatic carbocycles. The predicted octanol–water partition coefficient (Wildman–Crippen LogP) is 7.28. The van der Waals surface area contributed by atoms with E-state index in [2.05, 4.69) is 17.1 Å². The topological polar surface area (TPSA) is 71.0 Å². The lowest BCUT2D eigenvalue weighted by molar-refractivity contribution is -0.870. The van der Waals surface area contributed by atoms with E-state index in [4.69, 9.17) is 21.3 Å². The second kappa shape index (κ2) is 23.6. The van der Waals surface area contributed by atoms with Gasteiger partial charge in [-0.3, -0.25) is 9.05 Å². The fourth-order valence-corrected chi connectivity index (χ4v) is 5.16. The van der Waals surface area contributed by atoms with Crippen molar-refractivity contribution in [3.63, 3.8) is 0 Å². The molecule has 7 nitrogen and oxygen atoms in total. The van der Waals surface area contributed by atoms with Crippen LogP contribution in [0.2, 0.25) is 0 Å². The summed E-state index contributed by atoms with van der Waals surface area (Å²) in [4.78, 5) is 12.0. The van der Waals surface area contributed by atoms with Gasteiger partial charge in [0.2, 0.25) is 0 Å². The number of rotatable bonds is 26. The molecule has 0 aliphatic rings. The zero-order valence-corrected chi connectivity index (χ0v) is 26.7. The van der Waals surface area contributed by atoms with Crippen LogP contribution in [0.25, 0.3) is 0 Å². The third-order valence-electron chi connectivity index (χ3n) is 6.63. The summed E-state index contributed by atoms with van der Waals surface area (Å²) in [7, 11) is 3.85. The maximum Gasteiger partial charge on any atom is 0.472 e. The molecule has 9 heteroatoms. The van der Waals surface area contributed by atoms with Crippen LogP contribution in [0.4, 0.5) is 0 Å². The first-order valence-electron chi connectivity index (χ1n) is 15.0. The smallest absolute Gasteiger partial charge is 0.366 e. The fourth-order valence-electron chi connectivity index (χ4n) is 4.23. The van der Waals surface area contributed by atoms with Gasteiger partial charge in [0.15, 0.2) is 5.11 Å². The number of nitrogens with zero attached hydrogens (tertiary/aromatic N) is 2. The Morgan fingerprint density at radius 2 is 1.16 bits per heavy atom. The highest BCUT2D eigenvalue weighted by Gasteiger charge is 2.22. The van der Waals surface area contributed by atoms with Crippen LogP contribution in [0.1, 0.15) is 116 Å². The van der Waals surface area contributed by atoms with Gasteiger partial charge in [-0.2, -0.15) is 0 Å². The lowest BCUT2D eigenvalue weighted by atomic mass is 10.0. The van der Waals surface area contributed by atoms with E-state index in [1.807, 2.05) is 28.2 Å². The molecule has 0 aromatic rings. The number of phosphoric ester groups is 1. The number of nitrogens with one attached hydrogen (secondary N) is 1. The third-order valence-corrected chi connectivity index (χ3v) is 8.11. The van der Waals surface area contributed by atoms with E-state index in [1.54, 1.807) is 0 Å². The van der Waals surface area contributed by atoms with Crippen molar-refractivity contribution >= 4 is 25.2 Å². The van der Waals surface area contributed by atoms with E-state index in [9.17, 15) is 9.46 Å². The minimum absolute atomic E-state index is 0.167. The highest BCUT2D eigenvalue weighted by molar-refractivity contribution is 7.80. The first-order valence-corrected chi connectivity index (χ1v) is 16.9. The Balaban J connectivity index is 3.76. The van der Waals surface area contributed by atoms with Gasteiger partial charge in [-0.15, -0.1) is 0 Å². The Kier molecular flexibility index (Phi) is 23.5. The van der Waals surface area contributed by atoms with E-state index in [0.717, 1.165) is 13.0 Å². The molecule has 0 rings (SSSR count). The van der Waals surface area contributed by atoms with Gasteiger partial charge in [0, 0.05) is 20.1 Å². The normalized spacial score (nSPS) is 13.5. The van der Waals surface area contributed by atoms with E-state index in [1.165, 1.54) is 96.3 Å². The largest absolute Gasteiger partial charge is 0.472 e. The van der Waals surface area contributed by atoms with Crippen LogP contribution in [-0.2, 0) is 13.6 Å². The average molecular weight is 567 g/mol.